The Bertz CT molecular complexity index is 1400. The molecule has 5 heterocycles. The van der Waals surface area contributed by atoms with Crippen LogP contribution in [0.2, 0.25) is 0 Å². The monoisotopic (exact) mass is 496 g/mol. The van der Waals surface area contributed by atoms with E-state index in [0.29, 0.717) is 5.69 Å². The average Bonchev–Trinajstić information content (AvgIpc) is 3.32. The van der Waals surface area contributed by atoms with E-state index >= 15 is 0 Å². The lowest BCUT2D eigenvalue weighted by Crippen LogP contribution is -2.44. The molecule has 0 radical (unpaired) electrons. The Hall–Kier alpha value is -3.66. The molecule has 2 aliphatic heterocycles. The SMILES string of the molecule is CN1CCN(Cc2cc(NC(=O)c3n[nH]c4ccc(-c5cncc(CN6CCC6)c5)cc34)ccn2)CC1. The second kappa shape index (κ2) is 10.4. The summed E-state index contributed by atoms with van der Waals surface area (Å²) in [4.78, 5) is 29.4. The Labute approximate surface area is 216 Å². The van der Waals surface area contributed by atoms with E-state index in [1.807, 2.05) is 42.7 Å². The Kier molecular flexibility index (Phi) is 6.65. The zero-order valence-electron chi connectivity index (χ0n) is 21.2. The highest BCUT2D eigenvalue weighted by atomic mass is 16.1. The summed E-state index contributed by atoms with van der Waals surface area (Å²) in [5.74, 6) is -0.246. The van der Waals surface area contributed by atoms with Gasteiger partial charge in [-0.25, -0.2) is 0 Å². The number of fused-ring (bicyclic) bond motifs is 1. The van der Waals surface area contributed by atoms with Crippen LogP contribution in [0.15, 0.2) is 55.0 Å². The van der Waals surface area contributed by atoms with Crippen LogP contribution in [-0.2, 0) is 13.1 Å². The zero-order chi connectivity index (χ0) is 25.2. The number of piperazine rings is 1. The first-order valence-electron chi connectivity index (χ1n) is 12.9. The summed E-state index contributed by atoms with van der Waals surface area (Å²) >= 11 is 0. The molecule has 6 rings (SSSR count). The molecule has 1 amide bonds. The topological polar surface area (TPSA) is 93.3 Å². The molecule has 9 nitrogen and oxygen atoms in total. The van der Waals surface area contributed by atoms with Crippen LogP contribution in [0.25, 0.3) is 22.0 Å². The number of hydrogen-bond acceptors (Lipinski definition) is 7. The van der Waals surface area contributed by atoms with E-state index in [1.54, 1.807) is 6.20 Å². The van der Waals surface area contributed by atoms with Gasteiger partial charge in [-0.1, -0.05) is 6.07 Å². The van der Waals surface area contributed by atoms with Gasteiger partial charge in [-0.05, 0) is 68.0 Å². The fourth-order valence-electron chi connectivity index (χ4n) is 4.96. The van der Waals surface area contributed by atoms with Crippen molar-refractivity contribution >= 4 is 22.5 Å². The second-order valence-corrected chi connectivity index (χ2v) is 10.1. The van der Waals surface area contributed by atoms with Crippen molar-refractivity contribution in [3.63, 3.8) is 0 Å². The van der Waals surface area contributed by atoms with Gasteiger partial charge in [0.15, 0.2) is 5.69 Å². The van der Waals surface area contributed by atoms with E-state index in [0.717, 1.165) is 85.8 Å². The molecular weight excluding hydrogens is 464 g/mol. The quantitative estimate of drug-likeness (QED) is 0.406. The number of aromatic nitrogens is 4. The molecule has 9 heteroatoms. The molecule has 1 aromatic carbocycles. The molecule has 190 valence electrons. The molecule has 0 bridgehead atoms. The van der Waals surface area contributed by atoms with Crippen molar-refractivity contribution in [1.29, 1.82) is 0 Å². The number of carbonyl (C=O) groups excluding carboxylic acids is 1. The summed E-state index contributed by atoms with van der Waals surface area (Å²) in [6, 6.07) is 12.0. The second-order valence-electron chi connectivity index (χ2n) is 10.1. The minimum atomic E-state index is -0.246. The first-order chi connectivity index (χ1) is 18.1. The van der Waals surface area contributed by atoms with Gasteiger partial charge in [0, 0.05) is 74.5 Å². The molecule has 0 saturated carbocycles. The van der Waals surface area contributed by atoms with Crippen LogP contribution in [0.3, 0.4) is 0 Å². The van der Waals surface area contributed by atoms with Crippen LogP contribution >= 0.6 is 0 Å². The Morgan fingerprint density at radius 1 is 0.946 bits per heavy atom. The van der Waals surface area contributed by atoms with Crippen LogP contribution in [0.1, 0.15) is 28.2 Å². The first kappa shape index (κ1) is 23.7. The van der Waals surface area contributed by atoms with Crippen LogP contribution in [-0.4, -0.2) is 87.1 Å². The lowest BCUT2D eigenvalue weighted by molar-refractivity contribution is 0.102. The van der Waals surface area contributed by atoms with Gasteiger partial charge < -0.3 is 10.2 Å². The maximum Gasteiger partial charge on any atom is 0.276 e. The van der Waals surface area contributed by atoms with E-state index in [1.165, 1.54) is 12.0 Å². The number of carbonyl (C=O) groups is 1. The number of aromatic amines is 1. The van der Waals surface area contributed by atoms with Crippen LogP contribution < -0.4 is 5.32 Å². The summed E-state index contributed by atoms with van der Waals surface area (Å²) in [5, 5.41) is 11.1. The number of nitrogens with one attached hydrogen (secondary N) is 2. The number of likely N-dealkylation sites (N-methyl/N-ethyl adjacent to an activating group) is 1. The van der Waals surface area contributed by atoms with Gasteiger partial charge in [-0.3, -0.25) is 29.7 Å². The fourth-order valence-corrected chi connectivity index (χ4v) is 4.96. The van der Waals surface area contributed by atoms with Gasteiger partial charge in [0.2, 0.25) is 0 Å². The third-order valence-electron chi connectivity index (χ3n) is 7.32. The Balaban J connectivity index is 1.19. The molecule has 0 spiro atoms. The molecule has 3 aromatic heterocycles. The van der Waals surface area contributed by atoms with Crippen molar-refractivity contribution in [2.45, 2.75) is 19.5 Å². The van der Waals surface area contributed by atoms with Crippen molar-refractivity contribution in [3.05, 3.63) is 71.9 Å². The fraction of sp³-hybridized carbons (Fsp3) is 0.357. The number of likely N-dealkylation sites (tertiary alicyclic amines) is 1. The maximum absolute atomic E-state index is 13.2. The molecule has 2 N–H and O–H groups in total. The van der Waals surface area contributed by atoms with E-state index in [4.69, 9.17) is 0 Å². The van der Waals surface area contributed by atoms with Crippen molar-refractivity contribution in [3.8, 4) is 11.1 Å². The average molecular weight is 497 g/mol. The lowest BCUT2D eigenvalue weighted by atomic mass is 10.0. The molecule has 2 fully saturated rings. The van der Waals surface area contributed by atoms with E-state index < -0.39 is 0 Å². The Morgan fingerprint density at radius 3 is 2.59 bits per heavy atom. The minimum Gasteiger partial charge on any atom is -0.320 e. The molecule has 2 aliphatic rings. The summed E-state index contributed by atoms with van der Waals surface area (Å²) < 4.78 is 0. The largest absolute Gasteiger partial charge is 0.320 e. The number of nitrogens with zero attached hydrogens (tertiary/aromatic N) is 6. The molecule has 37 heavy (non-hydrogen) atoms. The number of pyridine rings is 2. The van der Waals surface area contributed by atoms with Gasteiger partial charge in [0.25, 0.3) is 5.91 Å². The smallest absolute Gasteiger partial charge is 0.276 e. The van der Waals surface area contributed by atoms with Crippen LogP contribution in [0.4, 0.5) is 5.69 Å². The van der Waals surface area contributed by atoms with E-state index in [2.05, 4.69) is 53.3 Å². The number of amides is 1. The van der Waals surface area contributed by atoms with Gasteiger partial charge in [0.05, 0.1) is 11.2 Å². The van der Waals surface area contributed by atoms with Gasteiger partial charge >= 0.3 is 0 Å². The number of anilines is 1. The zero-order valence-corrected chi connectivity index (χ0v) is 21.2. The third-order valence-corrected chi connectivity index (χ3v) is 7.32. The molecule has 0 atom stereocenters. The minimum absolute atomic E-state index is 0.246. The highest BCUT2D eigenvalue weighted by Gasteiger charge is 2.18. The summed E-state index contributed by atoms with van der Waals surface area (Å²) in [7, 11) is 2.15. The lowest BCUT2D eigenvalue weighted by Gasteiger charge is -2.32. The van der Waals surface area contributed by atoms with Gasteiger partial charge in [-0.2, -0.15) is 5.10 Å². The molecular formula is C28H32N8O. The highest BCUT2D eigenvalue weighted by Crippen LogP contribution is 2.27. The van der Waals surface area contributed by atoms with Gasteiger partial charge in [0.1, 0.15) is 0 Å². The first-order valence-corrected chi connectivity index (χ1v) is 12.9. The Morgan fingerprint density at radius 2 is 1.78 bits per heavy atom. The van der Waals surface area contributed by atoms with Crippen molar-refractivity contribution < 1.29 is 4.79 Å². The maximum atomic E-state index is 13.2. The van der Waals surface area contributed by atoms with E-state index in [-0.39, 0.29) is 5.91 Å². The third kappa shape index (κ3) is 5.39. The number of H-pyrrole nitrogens is 1. The summed E-state index contributed by atoms with van der Waals surface area (Å²) in [6.07, 6.45) is 6.83. The predicted octanol–water partition coefficient (Wildman–Crippen LogP) is 3.23. The molecule has 0 unspecified atom stereocenters. The van der Waals surface area contributed by atoms with Crippen LogP contribution in [0, 0.1) is 0 Å². The number of benzene rings is 1. The summed E-state index contributed by atoms with van der Waals surface area (Å²) in [6.45, 7) is 8.16. The molecule has 4 aromatic rings. The highest BCUT2D eigenvalue weighted by molar-refractivity contribution is 6.11. The molecule has 0 aliphatic carbocycles. The molecule has 2 saturated heterocycles. The van der Waals surface area contributed by atoms with Gasteiger partial charge in [-0.15, -0.1) is 0 Å². The van der Waals surface area contributed by atoms with Crippen molar-refractivity contribution in [2.75, 3.05) is 51.6 Å². The van der Waals surface area contributed by atoms with Crippen molar-refractivity contribution in [1.82, 2.24) is 34.9 Å². The number of rotatable bonds is 7. The van der Waals surface area contributed by atoms with Crippen molar-refractivity contribution in [2.24, 2.45) is 0 Å². The van der Waals surface area contributed by atoms with E-state index in [9.17, 15) is 4.79 Å². The van der Waals surface area contributed by atoms with Crippen LogP contribution in [0.5, 0.6) is 0 Å². The normalized spacial score (nSPS) is 17.1. The standard InChI is InChI=1S/C28H32N8O/c1-34-9-11-36(12-10-34)19-24-15-23(5-6-30-24)31-28(37)27-25-14-21(3-4-26(25)32-33-27)22-13-20(16-29-17-22)18-35-7-2-8-35/h3-6,13-17H,2,7-12,18-19H2,1H3,(H,32,33)(H,30,31,37). The number of hydrogen-bond donors (Lipinski definition) is 2. The summed E-state index contributed by atoms with van der Waals surface area (Å²) in [5.41, 5.74) is 6.12. The predicted molar refractivity (Wildman–Crippen MR) is 144 cm³/mol.